The van der Waals surface area contributed by atoms with Crippen molar-refractivity contribution >= 4 is 22.8 Å². The smallest absolute Gasteiger partial charge is 0.337 e. The van der Waals surface area contributed by atoms with E-state index in [1.807, 2.05) is 18.2 Å². The van der Waals surface area contributed by atoms with Crippen LogP contribution < -0.4 is 5.73 Å². The van der Waals surface area contributed by atoms with Gasteiger partial charge in [-0.15, -0.1) is 0 Å². The minimum absolute atomic E-state index is 0.283. The van der Waals surface area contributed by atoms with Crippen LogP contribution in [0.5, 0.6) is 0 Å². The number of hydrogen-bond donors (Lipinski definition) is 1. The highest BCUT2D eigenvalue weighted by molar-refractivity contribution is 5.99. The van der Waals surface area contributed by atoms with Gasteiger partial charge in [0.25, 0.3) is 0 Å². The number of hydrogen-bond acceptors (Lipinski definition) is 3. The maximum Gasteiger partial charge on any atom is 0.337 e. The summed E-state index contributed by atoms with van der Waals surface area (Å²) in [5.41, 5.74) is 12.3. The van der Waals surface area contributed by atoms with Gasteiger partial charge in [0.1, 0.15) is 0 Å². The van der Waals surface area contributed by atoms with Gasteiger partial charge in [-0.05, 0) is 48.4 Å². The molecule has 2 N–H and O–H groups in total. The van der Waals surface area contributed by atoms with Gasteiger partial charge in [0.2, 0.25) is 5.91 Å². The van der Waals surface area contributed by atoms with Crippen LogP contribution in [0.25, 0.3) is 22.2 Å². The fourth-order valence-electron chi connectivity index (χ4n) is 5.75. The first-order valence-electron chi connectivity index (χ1n) is 11.7. The van der Waals surface area contributed by atoms with Crippen LogP contribution in [0.15, 0.2) is 42.5 Å². The molecule has 1 atom stereocenters. The fourth-order valence-corrected chi connectivity index (χ4v) is 5.75. The van der Waals surface area contributed by atoms with Crippen molar-refractivity contribution in [3.63, 3.8) is 0 Å². The number of ether oxygens (including phenoxy) is 1. The number of carbonyl (C=O) groups excluding carboxylic acids is 2. The van der Waals surface area contributed by atoms with Crippen LogP contribution >= 0.6 is 0 Å². The summed E-state index contributed by atoms with van der Waals surface area (Å²) in [7, 11) is 1.40. The van der Waals surface area contributed by atoms with Gasteiger partial charge in [-0.1, -0.05) is 56.0 Å². The van der Waals surface area contributed by atoms with E-state index in [1.54, 1.807) is 0 Å². The highest BCUT2D eigenvalue weighted by atomic mass is 16.5. The lowest BCUT2D eigenvalue weighted by molar-refractivity contribution is -0.122. The third-order valence-electron chi connectivity index (χ3n) is 7.33. The molecule has 166 valence electrons. The number of primary amides is 1. The third kappa shape index (κ3) is 3.50. The Bertz CT molecular complexity index is 1190. The van der Waals surface area contributed by atoms with Crippen molar-refractivity contribution in [3.8, 4) is 11.3 Å². The summed E-state index contributed by atoms with van der Waals surface area (Å²) in [6, 6.07) is 14.3. The number of aromatic nitrogens is 1. The number of nitrogens with two attached hydrogens (primary N) is 1. The van der Waals surface area contributed by atoms with Gasteiger partial charge in [0, 0.05) is 23.0 Å². The summed E-state index contributed by atoms with van der Waals surface area (Å²) in [6.07, 6.45) is 8.04. The number of fused-ring (bicyclic) bond motifs is 5. The Morgan fingerprint density at radius 1 is 1.03 bits per heavy atom. The summed E-state index contributed by atoms with van der Waals surface area (Å²) < 4.78 is 7.24. The van der Waals surface area contributed by atoms with E-state index in [0.29, 0.717) is 24.4 Å². The Hall–Kier alpha value is -3.08. The van der Waals surface area contributed by atoms with Crippen molar-refractivity contribution in [2.75, 3.05) is 7.11 Å². The van der Waals surface area contributed by atoms with Crippen LogP contribution in [0.3, 0.4) is 0 Å². The molecular formula is C27H30N2O3. The topological polar surface area (TPSA) is 74.3 Å². The van der Waals surface area contributed by atoms with E-state index in [-0.39, 0.29) is 17.8 Å². The van der Waals surface area contributed by atoms with Crippen LogP contribution in [0.2, 0.25) is 0 Å². The standard InChI is InChI=1S/C27H30N2O3/c1-32-27(31)19-12-13-22-23(15-19)29-16-20(26(28)30)14-18-10-6-7-11-21(18)25(29)24(22)17-8-4-2-3-5-9-17/h6-7,10-13,15,17,20H,2-5,8-9,14,16H2,1H3,(H2,28,30). The van der Waals surface area contributed by atoms with Gasteiger partial charge in [-0.2, -0.15) is 0 Å². The van der Waals surface area contributed by atoms with Crippen LogP contribution in [-0.4, -0.2) is 23.6 Å². The molecule has 32 heavy (non-hydrogen) atoms. The Balaban J connectivity index is 1.83. The number of methoxy groups -OCH3 is 1. The minimum atomic E-state index is -0.348. The van der Waals surface area contributed by atoms with E-state index in [4.69, 9.17) is 10.5 Å². The summed E-state index contributed by atoms with van der Waals surface area (Å²) in [6.45, 7) is 0.521. The molecule has 5 nitrogen and oxygen atoms in total. The van der Waals surface area contributed by atoms with Gasteiger partial charge in [-0.3, -0.25) is 4.79 Å². The second kappa shape index (κ2) is 8.45. The zero-order valence-electron chi connectivity index (χ0n) is 18.6. The fraction of sp³-hybridized carbons (Fsp3) is 0.407. The SMILES string of the molecule is COC(=O)c1ccc2c(C3CCCCCC3)c3n(c2c1)CC(C(N)=O)Cc1ccccc1-3. The van der Waals surface area contributed by atoms with Gasteiger partial charge in [-0.25, -0.2) is 4.79 Å². The Morgan fingerprint density at radius 3 is 2.50 bits per heavy atom. The van der Waals surface area contributed by atoms with E-state index in [2.05, 4.69) is 28.8 Å². The second-order valence-corrected chi connectivity index (χ2v) is 9.25. The lowest BCUT2D eigenvalue weighted by Crippen LogP contribution is -2.28. The summed E-state index contributed by atoms with van der Waals surface area (Å²) in [4.78, 5) is 24.7. The number of esters is 1. The van der Waals surface area contributed by atoms with Gasteiger partial charge in [0.05, 0.1) is 24.3 Å². The lowest BCUT2D eigenvalue weighted by Gasteiger charge is -2.18. The highest BCUT2D eigenvalue weighted by Crippen LogP contribution is 2.46. The first kappa shape index (κ1) is 20.8. The van der Waals surface area contributed by atoms with Crippen LogP contribution in [0.4, 0.5) is 0 Å². The first-order valence-corrected chi connectivity index (χ1v) is 11.7. The van der Waals surface area contributed by atoms with Crippen LogP contribution in [0, 0.1) is 5.92 Å². The number of benzene rings is 2. The normalized spacial score (nSPS) is 19.0. The zero-order valence-corrected chi connectivity index (χ0v) is 18.6. The molecule has 1 fully saturated rings. The Labute approximate surface area is 188 Å². The minimum Gasteiger partial charge on any atom is -0.465 e. The third-order valence-corrected chi connectivity index (χ3v) is 7.33. The van der Waals surface area contributed by atoms with Crippen LogP contribution in [-0.2, 0) is 22.5 Å². The van der Waals surface area contributed by atoms with Crippen molar-refractivity contribution in [2.45, 2.75) is 57.4 Å². The number of amides is 1. The second-order valence-electron chi connectivity index (χ2n) is 9.25. The summed E-state index contributed by atoms with van der Waals surface area (Å²) in [5, 5.41) is 1.18. The number of carbonyl (C=O) groups is 2. The molecule has 1 amide bonds. The summed E-state index contributed by atoms with van der Waals surface area (Å²) >= 11 is 0. The van der Waals surface area contributed by atoms with Gasteiger partial charge in [0.15, 0.2) is 0 Å². The molecule has 0 bridgehead atoms. The predicted molar refractivity (Wildman–Crippen MR) is 126 cm³/mol. The lowest BCUT2D eigenvalue weighted by atomic mass is 9.86. The maximum atomic E-state index is 12.4. The number of rotatable bonds is 3. The molecule has 3 aromatic rings. The van der Waals surface area contributed by atoms with E-state index >= 15 is 0 Å². The van der Waals surface area contributed by atoms with E-state index in [0.717, 1.165) is 5.52 Å². The summed E-state index contributed by atoms with van der Waals surface area (Å²) in [5.74, 6) is -0.455. The van der Waals surface area contributed by atoms with Crippen molar-refractivity contribution in [1.29, 1.82) is 0 Å². The van der Waals surface area contributed by atoms with Gasteiger partial charge < -0.3 is 15.0 Å². The monoisotopic (exact) mass is 430 g/mol. The molecule has 1 aliphatic heterocycles. The quantitative estimate of drug-likeness (QED) is 0.459. The molecule has 5 heteroatoms. The van der Waals surface area contributed by atoms with Crippen molar-refractivity contribution in [1.82, 2.24) is 4.57 Å². The molecule has 1 saturated carbocycles. The van der Waals surface area contributed by atoms with Crippen LogP contribution in [0.1, 0.15) is 65.9 Å². The molecule has 0 radical (unpaired) electrons. The van der Waals surface area contributed by atoms with E-state index in [1.165, 1.54) is 73.4 Å². The van der Waals surface area contributed by atoms with Crippen molar-refractivity contribution in [2.24, 2.45) is 11.7 Å². The average molecular weight is 431 g/mol. The average Bonchev–Trinajstić information content (AvgIpc) is 2.99. The highest BCUT2D eigenvalue weighted by Gasteiger charge is 2.32. The zero-order chi connectivity index (χ0) is 22.2. The Morgan fingerprint density at radius 2 is 1.78 bits per heavy atom. The van der Waals surface area contributed by atoms with Gasteiger partial charge >= 0.3 is 5.97 Å². The molecular weight excluding hydrogens is 400 g/mol. The molecule has 0 saturated heterocycles. The van der Waals surface area contributed by atoms with E-state index in [9.17, 15) is 9.59 Å². The largest absolute Gasteiger partial charge is 0.465 e. The predicted octanol–water partition coefficient (Wildman–Crippen LogP) is 5.19. The van der Waals surface area contributed by atoms with E-state index < -0.39 is 0 Å². The number of nitrogens with zero attached hydrogens (tertiary/aromatic N) is 1. The first-order chi connectivity index (χ1) is 15.6. The Kier molecular flexibility index (Phi) is 5.50. The molecule has 1 aliphatic carbocycles. The molecule has 5 rings (SSSR count). The molecule has 2 aliphatic rings. The molecule has 2 aromatic carbocycles. The molecule has 2 heterocycles. The van der Waals surface area contributed by atoms with Crippen molar-refractivity contribution < 1.29 is 14.3 Å². The molecule has 1 unspecified atom stereocenters. The van der Waals surface area contributed by atoms with Crippen molar-refractivity contribution in [3.05, 3.63) is 59.2 Å². The maximum absolute atomic E-state index is 12.4. The molecule has 0 spiro atoms. The molecule has 1 aromatic heterocycles.